The molecule has 3 N–H and O–H groups in total. The molecule has 0 spiro atoms. The zero-order valence-electron chi connectivity index (χ0n) is 18.0. The van der Waals surface area contributed by atoms with Gasteiger partial charge >= 0.3 is 0 Å². The lowest BCUT2D eigenvalue weighted by Gasteiger charge is -2.41. The number of carbonyl (C=O) groups excluding carboxylic acids is 1. The maximum Gasteiger partial charge on any atom is 0.238 e. The average Bonchev–Trinajstić information content (AvgIpc) is 2.58. The van der Waals surface area contributed by atoms with Gasteiger partial charge in [0, 0.05) is 0 Å². The van der Waals surface area contributed by atoms with Gasteiger partial charge in [0.1, 0.15) is 5.54 Å². The summed E-state index contributed by atoms with van der Waals surface area (Å²) in [5.41, 5.74) is 5.53. The fourth-order valence-corrected chi connectivity index (χ4v) is 4.01. The number of hydrogen-bond acceptors (Lipinski definition) is 2. The highest BCUT2D eigenvalue weighted by atomic mass is 16.1. The van der Waals surface area contributed by atoms with E-state index in [1.165, 1.54) is 25.7 Å². The zero-order chi connectivity index (χ0) is 19.3. The molecular weight excluding hydrogens is 308 g/mol. The fraction of sp³-hybridized carbons (Fsp3) is 0.955. The Bertz CT molecular complexity index is 335. The summed E-state index contributed by atoms with van der Waals surface area (Å²) in [4.78, 5) is 12.7. The lowest BCUT2D eigenvalue weighted by atomic mass is 9.73. The third-order valence-electron chi connectivity index (χ3n) is 6.02. The highest BCUT2D eigenvalue weighted by Gasteiger charge is 2.42. The summed E-state index contributed by atoms with van der Waals surface area (Å²) in [6.45, 7) is 14.4. The van der Waals surface area contributed by atoms with Crippen molar-refractivity contribution in [2.24, 2.45) is 23.5 Å². The van der Waals surface area contributed by atoms with Crippen molar-refractivity contribution in [2.75, 3.05) is 6.54 Å². The Kier molecular flexibility index (Phi) is 13.3. The van der Waals surface area contributed by atoms with Crippen LogP contribution in [-0.4, -0.2) is 18.0 Å². The Hall–Kier alpha value is -0.570. The van der Waals surface area contributed by atoms with E-state index in [9.17, 15) is 4.79 Å². The summed E-state index contributed by atoms with van der Waals surface area (Å²) in [6.07, 6.45) is 11.1. The van der Waals surface area contributed by atoms with Crippen LogP contribution >= 0.6 is 0 Å². The van der Waals surface area contributed by atoms with Gasteiger partial charge in [-0.2, -0.15) is 0 Å². The second kappa shape index (κ2) is 13.6. The predicted molar refractivity (Wildman–Crippen MR) is 111 cm³/mol. The highest BCUT2D eigenvalue weighted by molar-refractivity contribution is 5.85. The van der Waals surface area contributed by atoms with Gasteiger partial charge in [-0.1, -0.05) is 86.5 Å². The molecule has 0 saturated carbocycles. The van der Waals surface area contributed by atoms with E-state index in [0.29, 0.717) is 17.8 Å². The molecule has 2 atom stereocenters. The minimum Gasteiger partial charge on any atom is -0.368 e. The van der Waals surface area contributed by atoms with Crippen LogP contribution in [0.25, 0.3) is 0 Å². The van der Waals surface area contributed by atoms with Gasteiger partial charge in [0.2, 0.25) is 5.91 Å². The number of carbonyl (C=O) groups is 1. The Morgan fingerprint density at radius 3 is 1.84 bits per heavy atom. The first-order chi connectivity index (χ1) is 11.9. The summed E-state index contributed by atoms with van der Waals surface area (Å²) in [5.74, 6) is 1.45. The molecule has 0 fully saturated rings. The van der Waals surface area contributed by atoms with Gasteiger partial charge in [0.05, 0.1) is 0 Å². The van der Waals surface area contributed by atoms with Crippen LogP contribution in [0.15, 0.2) is 0 Å². The third-order valence-corrected chi connectivity index (χ3v) is 6.02. The third kappa shape index (κ3) is 8.11. The number of primary amides is 1. The molecule has 0 heterocycles. The summed E-state index contributed by atoms with van der Waals surface area (Å²) in [6, 6.07) is 0. The number of hydrogen-bond donors (Lipinski definition) is 2. The molecule has 3 nitrogen and oxygen atoms in total. The van der Waals surface area contributed by atoms with Gasteiger partial charge in [0.15, 0.2) is 0 Å². The molecule has 2 unspecified atom stereocenters. The maximum absolute atomic E-state index is 12.7. The van der Waals surface area contributed by atoms with Crippen LogP contribution in [0.5, 0.6) is 0 Å². The smallest absolute Gasteiger partial charge is 0.238 e. The van der Waals surface area contributed by atoms with Gasteiger partial charge < -0.3 is 11.1 Å². The first-order valence-corrected chi connectivity index (χ1v) is 10.9. The van der Waals surface area contributed by atoms with Gasteiger partial charge in [-0.3, -0.25) is 4.79 Å². The van der Waals surface area contributed by atoms with Crippen molar-refractivity contribution in [3.8, 4) is 0 Å². The lowest BCUT2D eigenvalue weighted by molar-refractivity contribution is -0.127. The lowest BCUT2D eigenvalue weighted by Crippen LogP contribution is -2.61. The standard InChI is InChI=1S/C22H46N2O/c1-7-11-14-20(15-12-8-2)22(21(23)25,16-13-9-3)24-17-19(10-4)18(5)6/h18-20,24H,7-17H2,1-6H3,(H2,23,25). The van der Waals surface area contributed by atoms with Crippen LogP contribution in [0.1, 0.15) is 106 Å². The summed E-state index contributed by atoms with van der Waals surface area (Å²) < 4.78 is 0. The molecule has 0 bridgehead atoms. The SMILES string of the molecule is CCCCC(CCCC)C(CCCC)(NCC(CC)C(C)C)C(N)=O. The van der Waals surface area contributed by atoms with Crippen LogP contribution in [0, 0.1) is 17.8 Å². The molecule has 150 valence electrons. The first kappa shape index (κ1) is 24.4. The predicted octanol–water partition coefficient (Wildman–Crippen LogP) is 5.67. The first-order valence-electron chi connectivity index (χ1n) is 10.9. The van der Waals surface area contributed by atoms with Crippen molar-refractivity contribution in [2.45, 2.75) is 111 Å². The van der Waals surface area contributed by atoms with Gasteiger partial charge in [-0.05, 0) is 43.6 Å². The molecule has 0 radical (unpaired) electrons. The second-order valence-corrected chi connectivity index (χ2v) is 8.21. The molecule has 0 aromatic carbocycles. The van der Waals surface area contributed by atoms with Gasteiger partial charge in [-0.25, -0.2) is 0 Å². The number of nitrogens with two attached hydrogens (primary N) is 1. The molecule has 0 aliphatic rings. The highest BCUT2D eigenvalue weighted by Crippen LogP contribution is 2.33. The van der Waals surface area contributed by atoms with Crippen LogP contribution in [-0.2, 0) is 4.79 Å². The van der Waals surface area contributed by atoms with E-state index in [1.54, 1.807) is 0 Å². The topological polar surface area (TPSA) is 55.1 Å². The van der Waals surface area contributed by atoms with E-state index in [4.69, 9.17) is 5.73 Å². The average molecular weight is 355 g/mol. The zero-order valence-corrected chi connectivity index (χ0v) is 18.0. The van der Waals surface area contributed by atoms with E-state index in [0.717, 1.165) is 45.1 Å². The summed E-state index contributed by atoms with van der Waals surface area (Å²) >= 11 is 0. The van der Waals surface area contributed by atoms with E-state index in [-0.39, 0.29) is 5.91 Å². The number of unbranched alkanes of at least 4 members (excludes halogenated alkanes) is 3. The second-order valence-electron chi connectivity index (χ2n) is 8.21. The van der Waals surface area contributed by atoms with E-state index in [1.807, 2.05) is 0 Å². The fourth-order valence-electron chi connectivity index (χ4n) is 4.01. The normalized spacial score (nSPS) is 15.5. The van der Waals surface area contributed by atoms with E-state index in [2.05, 4.69) is 46.9 Å². The van der Waals surface area contributed by atoms with Crippen molar-refractivity contribution in [1.29, 1.82) is 0 Å². The van der Waals surface area contributed by atoms with Crippen LogP contribution in [0.4, 0.5) is 0 Å². The van der Waals surface area contributed by atoms with Crippen molar-refractivity contribution < 1.29 is 4.79 Å². The van der Waals surface area contributed by atoms with Gasteiger partial charge in [0.25, 0.3) is 0 Å². The van der Waals surface area contributed by atoms with E-state index < -0.39 is 5.54 Å². The molecule has 0 aromatic rings. The number of nitrogens with one attached hydrogen (secondary N) is 1. The quantitative estimate of drug-likeness (QED) is 0.375. The molecule has 0 aliphatic carbocycles. The summed E-state index contributed by atoms with van der Waals surface area (Å²) in [7, 11) is 0. The largest absolute Gasteiger partial charge is 0.368 e. The van der Waals surface area contributed by atoms with Crippen molar-refractivity contribution >= 4 is 5.91 Å². The van der Waals surface area contributed by atoms with Crippen molar-refractivity contribution in [3.63, 3.8) is 0 Å². The Labute approximate surface area is 157 Å². The molecule has 0 aromatic heterocycles. The monoisotopic (exact) mass is 354 g/mol. The van der Waals surface area contributed by atoms with Gasteiger partial charge in [-0.15, -0.1) is 0 Å². The number of rotatable bonds is 16. The van der Waals surface area contributed by atoms with E-state index >= 15 is 0 Å². The van der Waals surface area contributed by atoms with Crippen molar-refractivity contribution in [3.05, 3.63) is 0 Å². The van der Waals surface area contributed by atoms with Crippen LogP contribution in [0.3, 0.4) is 0 Å². The summed E-state index contributed by atoms with van der Waals surface area (Å²) in [5, 5.41) is 3.74. The molecule has 1 amide bonds. The molecule has 0 saturated heterocycles. The number of amides is 1. The molecule has 0 aliphatic heterocycles. The Morgan fingerprint density at radius 2 is 1.48 bits per heavy atom. The minimum absolute atomic E-state index is 0.128. The Morgan fingerprint density at radius 1 is 0.960 bits per heavy atom. The maximum atomic E-state index is 12.7. The van der Waals surface area contributed by atoms with Crippen LogP contribution < -0.4 is 11.1 Å². The Balaban J connectivity index is 5.49. The molecule has 0 rings (SSSR count). The van der Waals surface area contributed by atoms with Crippen LogP contribution in [0.2, 0.25) is 0 Å². The molecule has 3 heteroatoms. The van der Waals surface area contributed by atoms with Crippen molar-refractivity contribution in [1.82, 2.24) is 5.32 Å². The molecule has 25 heavy (non-hydrogen) atoms. The molecular formula is C22H46N2O. The minimum atomic E-state index is -0.525.